The summed E-state index contributed by atoms with van der Waals surface area (Å²) in [6.07, 6.45) is 1.06. The number of hydrogen-bond donors (Lipinski definition) is 1. The van der Waals surface area contributed by atoms with E-state index in [1.807, 2.05) is 26.1 Å². The molecule has 0 amide bonds. The molecular weight excluding hydrogens is 321 g/mol. The Balaban J connectivity index is 0.00000176. The third-order valence-corrected chi connectivity index (χ3v) is 4.43. The fourth-order valence-electron chi connectivity index (χ4n) is 2.80. The maximum atomic E-state index is 6.24. The number of nitrogens with zero attached hydrogens (tertiary/aromatic N) is 2. The smallest absolute Gasteiger partial charge is 0.131 e. The van der Waals surface area contributed by atoms with Gasteiger partial charge in [-0.15, -0.1) is 12.4 Å². The highest BCUT2D eigenvalue weighted by Crippen LogP contribution is 2.26. The Hall–Kier alpha value is -1.23. The fraction of sp³-hybridized carbons (Fsp3) is 0.438. The minimum absolute atomic E-state index is 0. The van der Waals surface area contributed by atoms with Gasteiger partial charge in [0.05, 0.1) is 12.3 Å². The zero-order valence-electron chi connectivity index (χ0n) is 12.8. The quantitative estimate of drug-likeness (QED) is 0.928. The van der Waals surface area contributed by atoms with Crippen LogP contribution in [0.1, 0.15) is 16.8 Å². The van der Waals surface area contributed by atoms with Gasteiger partial charge in [0.25, 0.3) is 0 Å². The molecule has 1 aromatic heterocycles. The Kier molecular flexibility index (Phi) is 5.73. The van der Waals surface area contributed by atoms with Gasteiger partial charge in [0.15, 0.2) is 0 Å². The molecule has 0 aliphatic carbocycles. The molecule has 3 rings (SSSR count). The van der Waals surface area contributed by atoms with Crippen molar-refractivity contribution in [1.29, 1.82) is 0 Å². The monoisotopic (exact) mass is 341 g/mol. The van der Waals surface area contributed by atoms with E-state index < -0.39 is 0 Å². The van der Waals surface area contributed by atoms with Crippen LogP contribution in [0.3, 0.4) is 0 Å². The third kappa shape index (κ3) is 3.57. The largest absolute Gasteiger partial charge is 0.493 e. The van der Waals surface area contributed by atoms with Crippen molar-refractivity contribution in [3.8, 4) is 5.75 Å². The summed E-state index contributed by atoms with van der Waals surface area (Å²) in [6, 6.07) is 8.27. The number of rotatable bonds is 4. The second kappa shape index (κ2) is 7.36. The molecule has 0 saturated carbocycles. The fourth-order valence-corrected chi connectivity index (χ4v) is 3.04. The Morgan fingerprint density at radius 2 is 2.18 bits per heavy atom. The van der Waals surface area contributed by atoms with Crippen molar-refractivity contribution in [2.24, 2.45) is 13.0 Å². The number of fused-ring (bicyclic) bond motifs is 1. The van der Waals surface area contributed by atoms with Gasteiger partial charge in [-0.3, -0.25) is 4.68 Å². The third-order valence-electron chi connectivity index (χ3n) is 3.96. The summed E-state index contributed by atoms with van der Waals surface area (Å²) in [5.41, 5.74) is 3.36. The zero-order valence-corrected chi connectivity index (χ0v) is 14.4. The minimum atomic E-state index is 0. The number of aryl methyl sites for hydroxylation is 2. The van der Waals surface area contributed by atoms with Gasteiger partial charge in [0.2, 0.25) is 0 Å². The van der Waals surface area contributed by atoms with Crippen LogP contribution in [0.15, 0.2) is 24.3 Å². The van der Waals surface area contributed by atoms with Gasteiger partial charge < -0.3 is 10.1 Å². The highest BCUT2D eigenvalue weighted by molar-refractivity contribution is 6.30. The standard InChI is InChI=1S/C16H20ClN3O.ClH/c1-11-14(16(17)20(2)19-11)9-18-8-12-7-13-5-3-4-6-15(13)21-10-12;/h3-6,12,18H,7-10H2,1-2H3;1H. The van der Waals surface area contributed by atoms with E-state index in [2.05, 4.69) is 22.5 Å². The molecule has 6 heteroatoms. The zero-order chi connectivity index (χ0) is 14.8. The van der Waals surface area contributed by atoms with E-state index in [0.29, 0.717) is 11.1 Å². The molecule has 0 radical (unpaired) electrons. The SMILES string of the molecule is Cc1nn(C)c(Cl)c1CNCC1COc2ccccc2C1.Cl. The van der Waals surface area contributed by atoms with E-state index in [9.17, 15) is 0 Å². The van der Waals surface area contributed by atoms with Crippen LogP contribution in [-0.4, -0.2) is 22.9 Å². The van der Waals surface area contributed by atoms with Gasteiger partial charge in [-0.1, -0.05) is 29.8 Å². The van der Waals surface area contributed by atoms with Crippen molar-refractivity contribution in [2.75, 3.05) is 13.2 Å². The number of hydrogen-bond acceptors (Lipinski definition) is 3. The van der Waals surface area contributed by atoms with Crippen molar-refractivity contribution < 1.29 is 4.74 Å². The van der Waals surface area contributed by atoms with Gasteiger partial charge in [0.1, 0.15) is 10.9 Å². The van der Waals surface area contributed by atoms with E-state index in [4.69, 9.17) is 16.3 Å². The summed E-state index contributed by atoms with van der Waals surface area (Å²) in [5.74, 6) is 1.52. The lowest BCUT2D eigenvalue weighted by atomic mass is 9.97. The first-order chi connectivity index (χ1) is 10.1. The van der Waals surface area contributed by atoms with Crippen LogP contribution in [0.5, 0.6) is 5.75 Å². The van der Waals surface area contributed by atoms with Crippen LogP contribution in [0.4, 0.5) is 0 Å². The van der Waals surface area contributed by atoms with E-state index >= 15 is 0 Å². The van der Waals surface area contributed by atoms with Crippen molar-refractivity contribution >= 4 is 24.0 Å². The molecule has 0 bridgehead atoms. The van der Waals surface area contributed by atoms with Crippen molar-refractivity contribution in [3.63, 3.8) is 0 Å². The summed E-state index contributed by atoms with van der Waals surface area (Å²) in [5, 5.41) is 8.52. The average molecular weight is 342 g/mol. The first-order valence-corrected chi connectivity index (χ1v) is 7.62. The lowest BCUT2D eigenvalue weighted by Gasteiger charge is -2.25. The first-order valence-electron chi connectivity index (χ1n) is 7.24. The molecule has 0 saturated heterocycles. The number of ether oxygens (including phenoxy) is 1. The topological polar surface area (TPSA) is 39.1 Å². The second-order valence-electron chi connectivity index (χ2n) is 5.60. The van der Waals surface area contributed by atoms with Gasteiger partial charge in [-0.2, -0.15) is 5.10 Å². The molecule has 1 unspecified atom stereocenters. The Labute approximate surface area is 142 Å². The Morgan fingerprint density at radius 1 is 1.41 bits per heavy atom. The molecule has 120 valence electrons. The normalized spacial score (nSPS) is 16.6. The molecule has 2 aromatic rings. The summed E-state index contributed by atoms with van der Waals surface area (Å²) in [4.78, 5) is 0. The van der Waals surface area contributed by atoms with E-state index in [0.717, 1.165) is 43.1 Å². The first kappa shape index (κ1) is 17.1. The van der Waals surface area contributed by atoms with Crippen molar-refractivity contribution in [2.45, 2.75) is 19.9 Å². The Morgan fingerprint density at radius 3 is 2.91 bits per heavy atom. The van der Waals surface area contributed by atoms with Gasteiger partial charge in [0, 0.05) is 31.6 Å². The summed E-state index contributed by atoms with van der Waals surface area (Å²) < 4.78 is 7.52. The molecule has 1 N–H and O–H groups in total. The molecule has 0 fully saturated rings. The molecule has 1 aliphatic heterocycles. The maximum Gasteiger partial charge on any atom is 0.131 e. The Bertz CT molecular complexity index is 642. The van der Waals surface area contributed by atoms with E-state index in [-0.39, 0.29) is 12.4 Å². The van der Waals surface area contributed by atoms with Crippen LogP contribution in [0.25, 0.3) is 0 Å². The lowest BCUT2D eigenvalue weighted by molar-refractivity contribution is 0.218. The maximum absolute atomic E-state index is 6.24. The highest BCUT2D eigenvalue weighted by atomic mass is 35.5. The molecule has 1 aliphatic rings. The molecule has 1 atom stereocenters. The summed E-state index contributed by atoms with van der Waals surface area (Å²) >= 11 is 6.24. The number of para-hydroxylation sites is 1. The van der Waals surface area contributed by atoms with Gasteiger partial charge in [-0.05, 0) is 25.0 Å². The number of nitrogens with one attached hydrogen (secondary N) is 1. The average Bonchev–Trinajstić information content (AvgIpc) is 2.73. The molecule has 0 spiro atoms. The predicted octanol–water partition coefficient (Wildman–Crippen LogP) is 3.14. The number of halogens is 2. The molecule has 2 heterocycles. The van der Waals surface area contributed by atoms with Crippen LogP contribution in [-0.2, 0) is 20.0 Å². The molecule has 1 aromatic carbocycles. The molecular formula is C16H21Cl2N3O. The molecule has 4 nitrogen and oxygen atoms in total. The van der Waals surface area contributed by atoms with Crippen LogP contribution in [0, 0.1) is 12.8 Å². The van der Waals surface area contributed by atoms with Gasteiger partial charge in [-0.25, -0.2) is 0 Å². The predicted molar refractivity (Wildman–Crippen MR) is 91.0 cm³/mol. The number of aromatic nitrogens is 2. The van der Waals surface area contributed by atoms with Crippen molar-refractivity contribution in [3.05, 3.63) is 46.2 Å². The molecule has 22 heavy (non-hydrogen) atoms. The second-order valence-corrected chi connectivity index (χ2v) is 5.96. The van der Waals surface area contributed by atoms with Crippen molar-refractivity contribution in [1.82, 2.24) is 15.1 Å². The lowest BCUT2D eigenvalue weighted by Crippen LogP contribution is -2.31. The summed E-state index contributed by atoms with van der Waals surface area (Å²) in [7, 11) is 1.87. The number of benzene rings is 1. The highest BCUT2D eigenvalue weighted by Gasteiger charge is 2.19. The van der Waals surface area contributed by atoms with Crippen LogP contribution in [0.2, 0.25) is 5.15 Å². The van der Waals surface area contributed by atoms with E-state index in [1.165, 1.54) is 5.56 Å². The minimum Gasteiger partial charge on any atom is -0.493 e. The summed E-state index contributed by atoms with van der Waals surface area (Å²) in [6.45, 7) is 4.42. The van der Waals surface area contributed by atoms with Crippen LogP contribution >= 0.6 is 24.0 Å². The van der Waals surface area contributed by atoms with Crippen LogP contribution < -0.4 is 10.1 Å². The van der Waals surface area contributed by atoms with Gasteiger partial charge >= 0.3 is 0 Å². The van der Waals surface area contributed by atoms with E-state index in [1.54, 1.807) is 4.68 Å².